The molecule has 0 spiro atoms. The highest BCUT2D eigenvalue weighted by Crippen LogP contribution is 2.17. The standard InChI is InChI=1S/C14H17N/c1-10-5-4-6-13(9-10)14-8-7-11(2)12(3)15-14/h4-9,11-12H,1-3H3. The third kappa shape index (κ3) is 2.17. The molecule has 2 unspecified atom stereocenters. The summed E-state index contributed by atoms with van der Waals surface area (Å²) in [6.45, 7) is 6.49. The van der Waals surface area contributed by atoms with Crippen molar-refractivity contribution in [3.63, 3.8) is 0 Å². The minimum atomic E-state index is 0.394. The van der Waals surface area contributed by atoms with E-state index in [0.717, 1.165) is 5.71 Å². The highest BCUT2D eigenvalue weighted by molar-refractivity contribution is 6.09. The molecular formula is C14H17N. The number of aryl methyl sites for hydroxylation is 1. The Bertz CT molecular complexity index is 415. The van der Waals surface area contributed by atoms with Crippen molar-refractivity contribution >= 4 is 5.71 Å². The van der Waals surface area contributed by atoms with Gasteiger partial charge in [0.05, 0.1) is 11.8 Å². The molecule has 0 aliphatic carbocycles. The van der Waals surface area contributed by atoms with Gasteiger partial charge in [0.15, 0.2) is 0 Å². The lowest BCUT2D eigenvalue weighted by atomic mass is 9.97. The van der Waals surface area contributed by atoms with Crippen LogP contribution in [0.1, 0.15) is 25.0 Å². The molecule has 0 fully saturated rings. The van der Waals surface area contributed by atoms with Crippen molar-refractivity contribution in [2.45, 2.75) is 26.8 Å². The van der Waals surface area contributed by atoms with Crippen LogP contribution in [-0.4, -0.2) is 11.8 Å². The maximum absolute atomic E-state index is 4.70. The average molecular weight is 199 g/mol. The molecular weight excluding hydrogens is 182 g/mol. The molecule has 78 valence electrons. The predicted octanol–water partition coefficient (Wildman–Crippen LogP) is 3.38. The van der Waals surface area contributed by atoms with Crippen LogP contribution in [0.2, 0.25) is 0 Å². The van der Waals surface area contributed by atoms with Gasteiger partial charge in [0.2, 0.25) is 0 Å². The maximum atomic E-state index is 4.70. The van der Waals surface area contributed by atoms with E-state index in [0.29, 0.717) is 12.0 Å². The Hall–Kier alpha value is -1.37. The Balaban J connectivity index is 2.33. The third-order valence-corrected chi connectivity index (χ3v) is 2.98. The van der Waals surface area contributed by atoms with Crippen LogP contribution < -0.4 is 0 Å². The molecule has 0 saturated carbocycles. The number of hydrogen-bond donors (Lipinski definition) is 0. The van der Waals surface area contributed by atoms with Crippen molar-refractivity contribution in [3.8, 4) is 0 Å². The van der Waals surface area contributed by atoms with E-state index >= 15 is 0 Å². The van der Waals surface area contributed by atoms with Crippen LogP contribution >= 0.6 is 0 Å². The maximum Gasteiger partial charge on any atom is 0.0647 e. The van der Waals surface area contributed by atoms with Gasteiger partial charge in [-0.3, -0.25) is 4.99 Å². The predicted molar refractivity (Wildman–Crippen MR) is 65.5 cm³/mol. The fourth-order valence-electron chi connectivity index (χ4n) is 1.76. The van der Waals surface area contributed by atoms with Gasteiger partial charge in [-0.05, 0) is 37.5 Å². The molecule has 1 heteroatoms. The Morgan fingerprint density at radius 2 is 2.00 bits per heavy atom. The van der Waals surface area contributed by atoms with Crippen LogP contribution in [0.3, 0.4) is 0 Å². The number of dihydropyridines is 1. The van der Waals surface area contributed by atoms with Crippen molar-refractivity contribution < 1.29 is 0 Å². The highest BCUT2D eigenvalue weighted by atomic mass is 14.8. The van der Waals surface area contributed by atoms with Crippen molar-refractivity contribution in [2.75, 3.05) is 0 Å². The van der Waals surface area contributed by atoms with E-state index in [1.165, 1.54) is 11.1 Å². The molecule has 1 nitrogen and oxygen atoms in total. The van der Waals surface area contributed by atoms with E-state index in [1.54, 1.807) is 0 Å². The van der Waals surface area contributed by atoms with E-state index < -0.39 is 0 Å². The molecule has 2 atom stereocenters. The molecule has 0 N–H and O–H groups in total. The van der Waals surface area contributed by atoms with Crippen molar-refractivity contribution in [1.82, 2.24) is 0 Å². The first-order chi connectivity index (χ1) is 7.16. The summed E-state index contributed by atoms with van der Waals surface area (Å²) in [5, 5.41) is 0. The third-order valence-electron chi connectivity index (χ3n) is 2.98. The molecule has 0 amide bonds. The van der Waals surface area contributed by atoms with Gasteiger partial charge < -0.3 is 0 Å². The van der Waals surface area contributed by atoms with Gasteiger partial charge in [-0.15, -0.1) is 0 Å². The van der Waals surface area contributed by atoms with Crippen LogP contribution in [0.25, 0.3) is 0 Å². The number of nitrogens with zero attached hydrogens (tertiary/aromatic N) is 1. The second-order valence-electron chi connectivity index (χ2n) is 4.34. The van der Waals surface area contributed by atoms with Crippen LogP contribution in [0.5, 0.6) is 0 Å². The Morgan fingerprint density at radius 3 is 2.67 bits per heavy atom. The topological polar surface area (TPSA) is 12.4 Å². The summed E-state index contributed by atoms with van der Waals surface area (Å²) >= 11 is 0. The summed E-state index contributed by atoms with van der Waals surface area (Å²) in [6, 6.07) is 8.91. The Labute approximate surface area is 91.6 Å². The van der Waals surface area contributed by atoms with E-state index in [1.807, 2.05) is 0 Å². The zero-order valence-corrected chi connectivity index (χ0v) is 9.57. The smallest absolute Gasteiger partial charge is 0.0647 e. The van der Waals surface area contributed by atoms with Gasteiger partial charge in [0.25, 0.3) is 0 Å². The minimum absolute atomic E-state index is 0.394. The SMILES string of the molecule is Cc1cccc(C2=NC(C)C(C)C=C2)c1. The largest absolute Gasteiger partial charge is 0.281 e. The fraction of sp³-hybridized carbons (Fsp3) is 0.357. The minimum Gasteiger partial charge on any atom is -0.281 e. The van der Waals surface area contributed by atoms with Gasteiger partial charge in [-0.1, -0.05) is 36.8 Å². The van der Waals surface area contributed by atoms with Gasteiger partial charge in [-0.2, -0.15) is 0 Å². The normalized spacial score (nSPS) is 25.1. The number of hydrogen-bond acceptors (Lipinski definition) is 1. The highest BCUT2D eigenvalue weighted by Gasteiger charge is 2.13. The molecule has 0 radical (unpaired) electrons. The van der Waals surface area contributed by atoms with Gasteiger partial charge in [-0.25, -0.2) is 0 Å². The first-order valence-corrected chi connectivity index (χ1v) is 5.50. The summed E-state index contributed by atoms with van der Waals surface area (Å²) in [5.41, 5.74) is 3.63. The summed E-state index contributed by atoms with van der Waals surface area (Å²) in [4.78, 5) is 4.70. The van der Waals surface area contributed by atoms with E-state index in [9.17, 15) is 0 Å². The lowest BCUT2D eigenvalue weighted by molar-refractivity contribution is 0.579. The van der Waals surface area contributed by atoms with E-state index in [4.69, 9.17) is 4.99 Å². The van der Waals surface area contributed by atoms with Gasteiger partial charge in [0.1, 0.15) is 0 Å². The summed E-state index contributed by atoms with van der Waals surface area (Å²) in [7, 11) is 0. The molecule has 1 aromatic carbocycles. The number of allylic oxidation sites excluding steroid dienone is 1. The van der Waals surface area contributed by atoms with Crippen molar-refractivity contribution in [1.29, 1.82) is 0 Å². The zero-order chi connectivity index (χ0) is 10.8. The van der Waals surface area contributed by atoms with Crippen LogP contribution in [0.15, 0.2) is 41.4 Å². The molecule has 1 aliphatic heterocycles. The Kier molecular flexibility index (Phi) is 2.72. The number of rotatable bonds is 1. The second-order valence-corrected chi connectivity index (χ2v) is 4.34. The molecule has 1 heterocycles. The number of aliphatic imine (C=N–C) groups is 1. The molecule has 2 rings (SSSR count). The Morgan fingerprint density at radius 1 is 1.20 bits per heavy atom. The average Bonchev–Trinajstić information content (AvgIpc) is 2.22. The quantitative estimate of drug-likeness (QED) is 0.657. The van der Waals surface area contributed by atoms with Crippen LogP contribution in [0, 0.1) is 12.8 Å². The molecule has 1 aliphatic rings. The van der Waals surface area contributed by atoms with Crippen molar-refractivity contribution in [3.05, 3.63) is 47.5 Å². The zero-order valence-electron chi connectivity index (χ0n) is 9.57. The molecule has 1 aromatic rings. The van der Waals surface area contributed by atoms with E-state index in [2.05, 4.69) is 57.2 Å². The fourth-order valence-corrected chi connectivity index (χ4v) is 1.76. The van der Waals surface area contributed by atoms with Gasteiger partial charge in [0, 0.05) is 0 Å². The number of benzene rings is 1. The van der Waals surface area contributed by atoms with Crippen LogP contribution in [0.4, 0.5) is 0 Å². The summed E-state index contributed by atoms with van der Waals surface area (Å²) in [5.74, 6) is 0.554. The first-order valence-electron chi connectivity index (χ1n) is 5.50. The first kappa shape index (κ1) is 10.2. The second kappa shape index (κ2) is 4.01. The van der Waals surface area contributed by atoms with Crippen molar-refractivity contribution in [2.24, 2.45) is 10.9 Å². The molecule has 15 heavy (non-hydrogen) atoms. The van der Waals surface area contributed by atoms with Crippen LogP contribution in [-0.2, 0) is 0 Å². The van der Waals surface area contributed by atoms with E-state index in [-0.39, 0.29) is 0 Å². The summed E-state index contributed by atoms with van der Waals surface area (Å²) in [6.07, 6.45) is 4.38. The lowest BCUT2D eigenvalue weighted by Gasteiger charge is -2.18. The molecule has 0 bridgehead atoms. The monoisotopic (exact) mass is 199 g/mol. The molecule has 0 aromatic heterocycles. The summed E-state index contributed by atoms with van der Waals surface area (Å²) < 4.78 is 0. The lowest BCUT2D eigenvalue weighted by Crippen LogP contribution is -2.17. The van der Waals surface area contributed by atoms with Gasteiger partial charge >= 0.3 is 0 Å². The molecule has 0 saturated heterocycles.